The fraction of sp³-hybridized carbons (Fsp3) is 0.533. The third-order valence-electron chi connectivity index (χ3n) is 4.21. The van der Waals surface area contributed by atoms with E-state index in [1.54, 1.807) is 4.68 Å². The third kappa shape index (κ3) is 3.27. The highest BCUT2D eigenvalue weighted by Crippen LogP contribution is 2.39. The Morgan fingerprint density at radius 1 is 1.24 bits per heavy atom. The number of rotatable bonds is 6. The molecule has 0 atom stereocenters. The van der Waals surface area contributed by atoms with Crippen LogP contribution in [-0.4, -0.2) is 37.8 Å². The summed E-state index contributed by atoms with van der Waals surface area (Å²) in [7, 11) is 0. The molecule has 3 rings (SSSR count). The summed E-state index contributed by atoms with van der Waals surface area (Å²) in [6.07, 6.45) is 7.55. The highest BCUT2D eigenvalue weighted by atomic mass is 32.2. The summed E-state index contributed by atoms with van der Waals surface area (Å²) < 4.78 is 2.21. The predicted molar refractivity (Wildman–Crippen MR) is 85.6 cm³/mol. The lowest BCUT2D eigenvalue weighted by Crippen LogP contribution is -2.35. The summed E-state index contributed by atoms with van der Waals surface area (Å²) in [4.78, 5) is 0. The normalized spacial score (nSPS) is 17.2. The van der Waals surface area contributed by atoms with Crippen LogP contribution >= 0.6 is 11.8 Å². The number of nitrogens with one attached hydrogen (secondary N) is 1. The lowest BCUT2D eigenvalue weighted by molar-refractivity contribution is 0.522. The molecule has 0 radical (unpaired) electrons. The lowest BCUT2D eigenvalue weighted by atomic mass is 10.1. The molecule has 1 heterocycles. The lowest BCUT2D eigenvalue weighted by Gasteiger charge is -2.26. The maximum atomic E-state index is 4.14. The zero-order chi connectivity index (χ0) is 14.5. The molecule has 21 heavy (non-hydrogen) atoms. The van der Waals surface area contributed by atoms with Crippen molar-refractivity contribution in [3.8, 4) is 5.69 Å². The van der Waals surface area contributed by atoms with Crippen LogP contribution in [-0.2, 0) is 6.54 Å². The van der Waals surface area contributed by atoms with Crippen molar-refractivity contribution < 1.29 is 0 Å². The summed E-state index contributed by atoms with van der Waals surface area (Å²) in [6.45, 7) is 1.72. The number of thioether (sulfide) groups is 1. The Morgan fingerprint density at radius 2 is 2.00 bits per heavy atom. The minimum Gasteiger partial charge on any atom is -0.308 e. The van der Waals surface area contributed by atoms with Gasteiger partial charge in [0, 0.05) is 11.3 Å². The van der Waals surface area contributed by atoms with Gasteiger partial charge in [0.1, 0.15) is 0 Å². The molecule has 0 saturated heterocycles. The second kappa shape index (κ2) is 6.58. The van der Waals surface area contributed by atoms with Gasteiger partial charge in [-0.3, -0.25) is 0 Å². The third-order valence-corrected chi connectivity index (χ3v) is 5.63. The number of nitrogens with zero attached hydrogens (tertiary/aromatic N) is 4. The maximum Gasteiger partial charge on any atom is 0.170 e. The van der Waals surface area contributed by atoms with Crippen molar-refractivity contribution >= 4 is 11.8 Å². The topological polar surface area (TPSA) is 55.6 Å². The summed E-state index contributed by atoms with van der Waals surface area (Å²) in [5.74, 6) is 0.857. The van der Waals surface area contributed by atoms with Gasteiger partial charge in [0.05, 0.1) is 12.2 Å². The van der Waals surface area contributed by atoms with E-state index in [0.29, 0.717) is 11.3 Å². The van der Waals surface area contributed by atoms with Gasteiger partial charge >= 0.3 is 0 Å². The molecule has 1 N–H and O–H groups in total. The van der Waals surface area contributed by atoms with E-state index in [9.17, 15) is 0 Å². The van der Waals surface area contributed by atoms with Crippen LogP contribution in [0.3, 0.4) is 0 Å². The van der Waals surface area contributed by atoms with Crippen LogP contribution in [0.2, 0.25) is 0 Å². The highest BCUT2D eigenvalue weighted by Gasteiger charge is 2.32. The van der Waals surface area contributed by atoms with Gasteiger partial charge < -0.3 is 5.32 Å². The van der Waals surface area contributed by atoms with Crippen LogP contribution in [0, 0.1) is 0 Å². The van der Waals surface area contributed by atoms with E-state index in [1.807, 2.05) is 42.1 Å². The van der Waals surface area contributed by atoms with Crippen molar-refractivity contribution in [1.29, 1.82) is 0 Å². The standard InChI is InChI=1S/C15H21N5S/c1-21-15(9-5-6-10-15)12-16-11-14-17-18-19-20(14)13-7-3-2-4-8-13/h2-4,7-8,16H,5-6,9-12H2,1H3. The van der Waals surface area contributed by atoms with Gasteiger partial charge in [0.2, 0.25) is 0 Å². The van der Waals surface area contributed by atoms with Crippen LogP contribution in [0.1, 0.15) is 31.5 Å². The second-order valence-corrected chi connectivity index (χ2v) is 6.81. The zero-order valence-electron chi connectivity index (χ0n) is 12.3. The van der Waals surface area contributed by atoms with Crippen LogP contribution in [0.5, 0.6) is 0 Å². The number of aromatic nitrogens is 4. The van der Waals surface area contributed by atoms with Gasteiger partial charge in [0.15, 0.2) is 5.82 Å². The van der Waals surface area contributed by atoms with Gasteiger partial charge in [-0.25, -0.2) is 0 Å². The highest BCUT2D eigenvalue weighted by molar-refractivity contribution is 8.00. The molecule has 0 bridgehead atoms. The predicted octanol–water partition coefficient (Wildman–Crippen LogP) is 2.43. The Bertz CT molecular complexity index is 562. The largest absolute Gasteiger partial charge is 0.308 e. The van der Waals surface area contributed by atoms with Crippen LogP contribution in [0.4, 0.5) is 0 Å². The molecule has 1 fully saturated rings. The molecule has 0 unspecified atom stereocenters. The molecule has 2 aromatic rings. The number of hydrogen-bond acceptors (Lipinski definition) is 5. The number of tetrazole rings is 1. The van der Waals surface area contributed by atoms with E-state index in [2.05, 4.69) is 27.1 Å². The van der Waals surface area contributed by atoms with Gasteiger partial charge in [-0.15, -0.1) is 5.10 Å². The Balaban J connectivity index is 1.63. The minimum atomic E-state index is 0.408. The average molecular weight is 303 g/mol. The second-order valence-electron chi connectivity index (χ2n) is 5.54. The summed E-state index contributed by atoms with van der Waals surface area (Å²) in [6, 6.07) is 10.0. The van der Waals surface area contributed by atoms with Crippen molar-refractivity contribution in [2.75, 3.05) is 12.8 Å². The van der Waals surface area contributed by atoms with Gasteiger partial charge in [-0.1, -0.05) is 31.0 Å². The van der Waals surface area contributed by atoms with Crippen molar-refractivity contribution in [2.45, 2.75) is 37.0 Å². The van der Waals surface area contributed by atoms with E-state index >= 15 is 0 Å². The molecule has 0 aliphatic heterocycles. The molecule has 5 nitrogen and oxygen atoms in total. The van der Waals surface area contributed by atoms with Crippen LogP contribution in [0.15, 0.2) is 30.3 Å². The van der Waals surface area contributed by atoms with Crippen LogP contribution < -0.4 is 5.32 Å². The van der Waals surface area contributed by atoms with Gasteiger partial charge in [-0.2, -0.15) is 16.4 Å². The first-order valence-corrected chi connectivity index (χ1v) is 8.64. The molecular formula is C15H21N5S. The van der Waals surface area contributed by atoms with Crippen molar-refractivity contribution in [1.82, 2.24) is 25.5 Å². The van der Waals surface area contributed by atoms with Gasteiger partial charge in [0.25, 0.3) is 0 Å². The Hall–Kier alpha value is -1.40. The molecular weight excluding hydrogens is 282 g/mol. The molecule has 0 amide bonds. The first-order chi connectivity index (χ1) is 10.3. The molecule has 1 aliphatic carbocycles. The van der Waals surface area contributed by atoms with E-state index in [0.717, 1.165) is 18.1 Å². The van der Waals surface area contributed by atoms with E-state index in [-0.39, 0.29) is 0 Å². The average Bonchev–Trinajstić information content (AvgIpc) is 3.18. The van der Waals surface area contributed by atoms with Gasteiger partial charge in [-0.05, 0) is 41.7 Å². The zero-order valence-corrected chi connectivity index (χ0v) is 13.1. The Kier molecular flexibility index (Phi) is 4.55. The van der Waals surface area contributed by atoms with E-state index < -0.39 is 0 Å². The van der Waals surface area contributed by atoms with Crippen molar-refractivity contribution in [2.24, 2.45) is 0 Å². The molecule has 1 aliphatic rings. The summed E-state index contributed by atoms with van der Waals surface area (Å²) >= 11 is 2.00. The first kappa shape index (κ1) is 14.5. The Morgan fingerprint density at radius 3 is 2.71 bits per heavy atom. The molecule has 1 saturated carbocycles. The summed E-state index contributed by atoms with van der Waals surface area (Å²) in [5.41, 5.74) is 1.000. The molecule has 1 aromatic carbocycles. The fourth-order valence-corrected chi connectivity index (χ4v) is 3.90. The number of para-hydroxylation sites is 1. The fourth-order valence-electron chi connectivity index (χ4n) is 2.96. The Labute approximate surface area is 129 Å². The summed E-state index contributed by atoms with van der Waals surface area (Å²) in [5, 5.41) is 15.6. The van der Waals surface area contributed by atoms with Crippen molar-refractivity contribution in [3.63, 3.8) is 0 Å². The molecule has 112 valence electrons. The number of hydrogen-bond donors (Lipinski definition) is 1. The monoisotopic (exact) mass is 303 g/mol. The quantitative estimate of drug-likeness (QED) is 0.888. The van der Waals surface area contributed by atoms with Crippen molar-refractivity contribution in [3.05, 3.63) is 36.2 Å². The van der Waals surface area contributed by atoms with E-state index in [1.165, 1.54) is 25.7 Å². The minimum absolute atomic E-state index is 0.408. The molecule has 1 aromatic heterocycles. The molecule has 6 heteroatoms. The molecule has 0 spiro atoms. The van der Waals surface area contributed by atoms with Crippen LogP contribution in [0.25, 0.3) is 5.69 Å². The van der Waals surface area contributed by atoms with E-state index in [4.69, 9.17) is 0 Å². The smallest absolute Gasteiger partial charge is 0.170 e. The first-order valence-electron chi connectivity index (χ1n) is 7.42. The maximum absolute atomic E-state index is 4.14. The SMILES string of the molecule is CSC1(CNCc2nnnn2-c2ccccc2)CCCC1. The number of benzene rings is 1.